The number of amides is 5. The monoisotopic (exact) mass is 509 g/mol. The third-order valence-corrected chi connectivity index (χ3v) is 7.01. The molecule has 1 aliphatic heterocycles. The first-order valence-corrected chi connectivity index (χ1v) is 11.8. The normalized spacial score (nSPS) is 20.5. The molecule has 36 heavy (non-hydrogen) atoms. The van der Waals surface area contributed by atoms with Crippen LogP contribution in [-0.4, -0.2) is 50.5 Å². The number of carbonyl (C=O) groups is 4. The molecule has 1 aromatic heterocycles. The van der Waals surface area contributed by atoms with Gasteiger partial charge in [0.2, 0.25) is 11.8 Å². The zero-order valence-electron chi connectivity index (χ0n) is 19.1. The first kappa shape index (κ1) is 23.6. The lowest BCUT2D eigenvalue weighted by Crippen LogP contribution is -2.51. The molecule has 0 unspecified atom stereocenters. The fourth-order valence-electron chi connectivity index (χ4n) is 5.38. The highest BCUT2D eigenvalue weighted by molar-refractivity contribution is 6.30. The minimum Gasteiger partial charge on any atom is -0.364 e. The maximum absolute atomic E-state index is 13.5. The van der Waals surface area contributed by atoms with E-state index in [1.165, 1.54) is 10.7 Å². The van der Waals surface area contributed by atoms with E-state index in [1.54, 1.807) is 41.3 Å². The van der Waals surface area contributed by atoms with Gasteiger partial charge in [-0.15, -0.1) is 0 Å². The van der Waals surface area contributed by atoms with E-state index in [9.17, 15) is 19.2 Å². The SMILES string of the molecule is NC(=O)Nc1ccc2c(c1)c(C(N)=O)nn2CC(=O)N1[C@@H]2CC[C@@H](C2)[C@H]1C(=O)Nc1cccc(Cl)c1. The smallest absolute Gasteiger partial charge is 0.316 e. The Morgan fingerprint density at radius 3 is 2.53 bits per heavy atom. The van der Waals surface area contributed by atoms with E-state index in [4.69, 9.17) is 23.1 Å². The largest absolute Gasteiger partial charge is 0.364 e. The van der Waals surface area contributed by atoms with Crippen molar-refractivity contribution >= 4 is 57.6 Å². The number of rotatable bonds is 6. The van der Waals surface area contributed by atoms with E-state index >= 15 is 0 Å². The fourth-order valence-corrected chi connectivity index (χ4v) is 5.57. The van der Waals surface area contributed by atoms with Gasteiger partial charge in [0.05, 0.1) is 5.52 Å². The number of carbonyl (C=O) groups excluding carboxylic acids is 4. The second-order valence-electron chi connectivity index (χ2n) is 9.06. The Balaban J connectivity index is 1.41. The van der Waals surface area contributed by atoms with Gasteiger partial charge in [0.1, 0.15) is 12.6 Å². The van der Waals surface area contributed by atoms with E-state index in [0.717, 1.165) is 19.3 Å². The Bertz CT molecular complexity index is 1400. The van der Waals surface area contributed by atoms with Gasteiger partial charge in [-0.3, -0.25) is 19.1 Å². The first-order valence-electron chi connectivity index (χ1n) is 11.5. The number of fused-ring (bicyclic) bond motifs is 3. The van der Waals surface area contributed by atoms with E-state index in [2.05, 4.69) is 15.7 Å². The van der Waals surface area contributed by atoms with Gasteiger partial charge in [-0.1, -0.05) is 17.7 Å². The van der Waals surface area contributed by atoms with Crippen molar-refractivity contribution in [2.24, 2.45) is 17.4 Å². The number of nitrogens with one attached hydrogen (secondary N) is 2. The van der Waals surface area contributed by atoms with Crippen LogP contribution >= 0.6 is 11.6 Å². The zero-order chi connectivity index (χ0) is 25.6. The summed E-state index contributed by atoms with van der Waals surface area (Å²) in [7, 11) is 0. The molecule has 1 aliphatic carbocycles. The highest BCUT2D eigenvalue weighted by Crippen LogP contribution is 2.43. The van der Waals surface area contributed by atoms with Gasteiger partial charge in [-0.2, -0.15) is 5.10 Å². The topological polar surface area (TPSA) is 165 Å². The third kappa shape index (κ3) is 4.33. The van der Waals surface area contributed by atoms with Gasteiger partial charge in [-0.05, 0) is 61.6 Å². The summed E-state index contributed by atoms with van der Waals surface area (Å²) in [6.07, 6.45) is 2.45. The lowest BCUT2D eigenvalue weighted by atomic mass is 9.97. The molecule has 3 aromatic rings. The Morgan fingerprint density at radius 2 is 1.81 bits per heavy atom. The molecule has 1 saturated heterocycles. The molecule has 2 fully saturated rings. The van der Waals surface area contributed by atoms with Crippen LogP contribution in [0.2, 0.25) is 5.02 Å². The molecule has 1 saturated carbocycles. The average molecular weight is 510 g/mol. The molecular weight excluding hydrogens is 486 g/mol. The van der Waals surface area contributed by atoms with E-state index < -0.39 is 18.0 Å². The minimum absolute atomic E-state index is 0.0379. The van der Waals surface area contributed by atoms with Crippen LogP contribution in [0.25, 0.3) is 10.9 Å². The molecule has 6 N–H and O–H groups in total. The number of hydrogen-bond donors (Lipinski definition) is 4. The van der Waals surface area contributed by atoms with E-state index in [1.807, 2.05) is 0 Å². The predicted molar refractivity (Wildman–Crippen MR) is 133 cm³/mol. The standard InChI is InChI=1S/C24H24ClN7O4/c25-13-2-1-3-14(9-13)28-23(35)21-12-4-6-16(8-12)32(21)19(33)11-31-18-7-5-15(29-24(27)36)10-17(18)20(30-31)22(26)34/h1-3,5,7,9-10,12,16,21H,4,6,8,11H2,(H2,26,34)(H,28,35)(H3,27,29,36)/t12-,16+,21-/m0/s1. The molecule has 186 valence electrons. The second-order valence-corrected chi connectivity index (χ2v) is 9.50. The Labute approximate surface area is 210 Å². The summed E-state index contributed by atoms with van der Waals surface area (Å²) < 4.78 is 1.39. The van der Waals surface area contributed by atoms with Gasteiger partial charge < -0.3 is 27.0 Å². The second kappa shape index (κ2) is 9.15. The molecule has 5 rings (SSSR count). The Morgan fingerprint density at radius 1 is 1.03 bits per heavy atom. The summed E-state index contributed by atoms with van der Waals surface area (Å²) in [5.74, 6) is -1.26. The molecule has 2 bridgehead atoms. The number of urea groups is 1. The van der Waals surface area contributed by atoms with Gasteiger partial charge in [0, 0.05) is 27.8 Å². The van der Waals surface area contributed by atoms with Crippen molar-refractivity contribution in [3.05, 3.63) is 53.2 Å². The van der Waals surface area contributed by atoms with Gasteiger partial charge >= 0.3 is 6.03 Å². The van der Waals surface area contributed by atoms with Crippen molar-refractivity contribution in [1.82, 2.24) is 14.7 Å². The maximum atomic E-state index is 13.5. The Hall–Kier alpha value is -4.12. The number of primary amides is 2. The number of aromatic nitrogens is 2. The average Bonchev–Trinajstić information content (AvgIpc) is 3.52. The number of likely N-dealkylation sites (tertiary alicyclic amines) is 1. The van der Waals surface area contributed by atoms with Crippen LogP contribution in [0, 0.1) is 5.92 Å². The lowest BCUT2D eigenvalue weighted by Gasteiger charge is -2.34. The number of piperidine rings is 1. The number of halogens is 1. The molecule has 3 atom stereocenters. The van der Waals surface area contributed by atoms with Crippen molar-refractivity contribution < 1.29 is 19.2 Å². The summed E-state index contributed by atoms with van der Waals surface area (Å²) in [5.41, 5.74) is 12.1. The Kier molecular flexibility index (Phi) is 6.00. The number of anilines is 2. The molecular formula is C24H24ClN7O4. The summed E-state index contributed by atoms with van der Waals surface area (Å²) in [5, 5.41) is 10.5. The first-order chi connectivity index (χ1) is 17.2. The van der Waals surface area contributed by atoms with Crippen molar-refractivity contribution in [2.45, 2.75) is 37.9 Å². The van der Waals surface area contributed by atoms with Crippen molar-refractivity contribution in [2.75, 3.05) is 10.6 Å². The number of nitrogens with zero attached hydrogens (tertiary/aromatic N) is 3. The minimum atomic E-state index is -0.776. The van der Waals surface area contributed by atoms with Crippen LogP contribution in [0.3, 0.4) is 0 Å². The molecule has 0 radical (unpaired) electrons. The van der Waals surface area contributed by atoms with E-state index in [-0.39, 0.29) is 36.0 Å². The fraction of sp³-hybridized carbons (Fsp3) is 0.292. The highest BCUT2D eigenvalue weighted by atomic mass is 35.5. The summed E-state index contributed by atoms with van der Waals surface area (Å²) in [4.78, 5) is 51.7. The molecule has 0 spiro atoms. The number of hydrogen-bond acceptors (Lipinski definition) is 5. The van der Waals surface area contributed by atoms with Crippen LogP contribution in [0.1, 0.15) is 29.8 Å². The van der Waals surface area contributed by atoms with E-state index in [0.29, 0.717) is 27.3 Å². The molecule has 2 heterocycles. The predicted octanol–water partition coefficient (Wildman–Crippen LogP) is 2.30. The lowest BCUT2D eigenvalue weighted by molar-refractivity contribution is -0.141. The molecule has 2 aliphatic rings. The van der Waals surface area contributed by atoms with Gasteiger partial charge in [0.25, 0.3) is 5.91 Å². The van der Waals surface area contributed by atoms with Crippen molar-refractivity contribution in [3.63, 3.8) is 0 Å². The van der Waals surface area contributed by atoms with Crippen LogP contribution < -0.4 is 22.1 Å². The van der Waals surface area contributed by atoms with Gasteiger partial charge in [-0.25, -0.2) is 4.79 Å². The zero-order valence-corrected chi connectivity index (χ0v) is 19.9. The molecule has 5 amide bonds. The number of nitrogens with two attached hydrogens (primary N) is 2. The summed E-state index contributed by atoms with van der Waals surface area (Å²) in [6, 6.07) is 10.2. The maximum Gasteiger partial charge on any atom is 0.316 e. The van der Waals surface area contributed by atoms with Crippen molar-refractivity contribution in [1.29, 1.82) is 0 Å². The van der Waals surface area contributed by atoms with Crippen molar-refractivity contribution in [3.8, 4) is 0 Å². The number of benzene rings is 2. The van der Waals surface area contributed by atoms with Gasteiger partial charge in [0.15, 0.2) is 5.69 Å². The molecule has 2 aromatic carbocycles. The summed E-state index contributed by atoms with van der Waals surface area (Å²) in [6.45, 7) is -0.184. The van der Waals surface area contributed by atoms with Crippen LogP contribution in [0.5, 0.6) is 0 Å². The van der Waals surface area contributed by atoms with Crippen LogP contribution in [-0.2, 0) is 16.1 Å². The summed E-state index contributed by atoms with van der Waals surface area (Å²) >= 11 is 6.04. The highest BCUT2D eigenvalue weighted by Gasteiger charge is 2.51. The molecule has 11 nitrogen and oxygen atoms in total. The van der Waals surface area contributed by atoms with Crippen LogP contribution in [0.4, 0.5) is 16.2 Å². The van der Waals surface area contributed by atoms with Crippen LogP contribution in [0.15, 0.2) is 42.5 Å². The quantitative estimate of drug-likeness (QED) is 0.399. The third-order valence-electron chi connectivity index (χ3n) is 6.77. The molecule has 12 heteroatoms.